The highest BCUT2D eigenvalue weighted by Gasteiger charge is 2.36. The Balaban J connectivity index is 2.86. The van der Waals surface area contributed by atoms with Crippen molar-refractivity contribution >= 4 is 10.0 Å². The molecule has 0 bridgehead atoms. The summed E-state index contributed by atoms with van der Waals surface area (Å²) in [5.74, 6) is 0. The lowest BCUT2D eigenvalue weighted by atomic mass is 10.1. The average molecular weight is 291 g/mol. The molecule has 2 N–H and O–H groups in total. The minimum Gasteiger partial charge on any atom is -0.239 e. The maximum atomic E-state index is 12.9. The van der Waals surface area contributed by atoms with Crippen molar-refractivity contribution in [3.05, 3.63) is 42.2 Å². The van der Waals surface area contributed by atoms with Crippen LogP contribution in [0.5, 0.6) is 0 Å². The van der Waals surface area contributed by atoms with Crippen molar-refractivity contribution in [2.24, 2.45) is 5.14 Å². The monoisotopic (exact) mass is 291 g/mol. The molecule has 2 aromatic rings. The van der Waals surface area contributed by atoms with Gasteiger partial charge in [0.2, 0.25) is 10.0 Å². The number of hydrogen-bond donors (Lipinski definition) is 1. The summed E-state index contributed by atoms with van der Waals surface area (Å²) < 4.78 is 62.4. The lowest BCUT2D eigenvalue weighted by Gasteiger charge is -2.15. The molecule has 0 atom stereocenters. The van der Waals surface area contributed by atoms with E-state index >= 15 is 0 Å². The number of halogens is 3. The van der Waals surface area contributed by atoms with Crippen LogP contribution in [0.1, 0.15) is 5.56 Å². The van der Waals surface area contributed by atoms with E-state index in [9.17, 15) is 21.6 Å². The molecule has 19 heavy (non-hydrogen) atoms. The van der Waals surface area contributed by atoms with Gasteiger partial charge in [0.15, 0.2) is 0 Å². The third-order valence-electron chi connectivity index (χ3n) is 2.34. The predicted octanol–water partition coefficient (Wildman–Crippen LogP) is 1.54. The summed E-state index contributed by atoms with van der Waals surface area (Å²) in [4.78, 5) is -0.633. The van der Waals surface area contributed by atoms with E-state index in [-0.39, 0.29) is 0 Å². The number of aromatic nitrogens is 2. The first-order valence-corrected chi connectivity index (χ1v) is 6.49. The highest BCUT2D eigenvalue weighted by molar-refractivity contribution is 7.89. The minimum absolute atomic E-state index is 0.609. The molecule has 0 aliphatic rings. The molecule has 0 spiro atoms. The van der Waals surface area contributed by atoms with E-state index in [1.807, 2.05) is 0 Å². The number of nitrogens with two attached hydrogens (primary N) is 1. The van der Waals surface area contributed by atoms with Crippen LogP contribution in [0.4, 0.5) is 13.2 Å². The Morgan fingerprint density at radius 2 is 1.89 bits per heavy atom. The number of benzene rings is 1. The van der Waals surface area contributed by atoms with Gasteiger partial charge >= 0.3 is 6.18 Å². The number of alkyl halides is 3. The van der Waals surface area contributed by atoms with Crippen molar-refractivity contribution in [1.82, 2.24) is 9.78 Å². The Bertz CT molecular complexity index is 693. The molecule has 0 saturated heterocycles. The second-order valence-electron chi connectivity index (χ2n) is 3.65. The predicted molar refractivity (Wildman–Crippen MR) is 59.9 cm³/mol. The molecule has 1 aromatic carbocycles. The number of sulfonamides is 1. The molecule has 9 heteroatoms. The summed E-state index contributed by atoms with van der Waals surface area (Å²) in [6, 6.07) is 4.13. The highest BCUT2D eigenvalue weighted by atomic mass is 32.2. The average Bonchev–Trinajstić information content (AvgIpc) is 2.78. The summed E-state index contributed by atoms with van der Waals surface area (Å²) >= 11 is 0. The van der Waals surface area contributed by atoms with E-state index < -0.39 is 32.3 Å². The summed E-state index contributed by atoms with van der Waals surface area (Å²) in [7, 11) is -4.30. The second kappa shape index (κ2) is 4.35. The molecule has 0 radical (unpaired) electrons. The topological polar surface area (TPSA) is 78.0 Å². The van der Waals surface area contributed by atoms with Crippen molar-refractivity contribution in [3.8, 4) is 5.69 Å². The van der Waals surface area contributed by atoms with Crippen molar-refractivity contribution in [1.29, 1.82) is 0 Å². The number of hydrogen-bond acceptors (Lipinski definition) is 3. The Labute approximate surface area is 106 Å². The number of para-hydroxylation sites is 1. The quantitative estimate of drug-likeness (QED) is 0.911. The highest BCUT2D eigenvalue weighted by Crippen LogP contribution is 2.36. The molecule has 0 saturated carbocycles. The Hall–Kier alpha value is -1.87. The standard InChI is InChI=1S/C10H8F3N3O2S/c11-10(12,13)7-3-1-4-8(19(14,17)18)9(7)16-6-2-5-15-16/h1-6H,(H2,14,17,18). The van der Waals surface area contributed by atoms with Gasteiger partial charge in [-0.25, -0.2) is 18.2 Å². The molecule has 1 heterocycles. The largest absolute Gasteiger partial charge is 0.418 e. The normalized spacial score (nSPS) is 12.6. The van der Waals surface area contributed by atoms with E-state index in [1.165, 1.54) is 18.5 Å². The molecule has 0 aliphatic heterocycles. The zero-order valence-corrected chi connectivity index (χ0v) is 10.1. The van der Waals surface area contributed by atoms with Crippen molar-refractivity contribution in [2.45, 2.75) is 11.1 Å². The van der Waals surface area contributed by atoms with Gasteiger partial charge in [0, 0.05) is 12.4 Å². The Morgan fingerprint density at radius 1 is 1.21 bits per heavy atom. The fourth-order valence-corrected chi connectivity index (χ4v) is 2.36. The van der Waals surface area contributed by atoms with Gasteiger partial charge < -0.3 is 0 Å². The van der Waals surface area contributed by atoms with Gasteiger partial charge in [0.05, 0.1) is 11.3 Å². The van der Waals surface area contributed by atoms with Crippen molar-refractivity contribution in [2.75, 3.05) is 0 Å². The molecule has 0 unspecified atom stereocenters. The lowest BCUT2D eigenvalue weighted by Crippen LogP contribution is -2.19. The van der Waals surface area contributed by atoms with E-state index in [0.29, 0.717) is 0 Å². The van der Waals surface area contributed by atoms with E-state index in [0.717, 1.165) is 22.9 Å². The number of primary sulfonamides is 1. The SMILES string of the molecule is NS(=O)(=O)c1cccc(C(F)(F)F)c1-n1cccn1. The molecule has 0 fully saturated rings. The van der Waals surface area contributed by atoms with Crippen LogP contribution in [0, 0.1) is 0 Å². The smallest absolute Gasteiger partial charge is 0.239 e. The Morgan fingerprint density at radius 3 is 2.37 bits per heavy atom. The molecular formula is C10H8F3N3O2S. The summed E-state index contributed by atoms with van der Waals surface area (Å²) in [5, 5.41) is 8.57. The Kier molecular flexibility index (Phi) is 3.11. The van der Waals surface area contributed by atoms with Gasteiger partial charge in [-0.3, -0.25) is 0 Å². The first-order chi connectivity index (χ1) is 8.71. The van der Waals surface area contributed by atoms with Crippen molar-refractivity contribution < 1.29 is 21.6 Å². The third kappa shape index (κ3) is 2.61. The fourth-order valence-electron chi connectivity index (χ4n) is 1.62. The van der Waals surface area contributed by atoms with Gasteiger partial charge in [-0.1, -0.05) is 6.07 Å². The molecule has 0 aliphatic carbocycles. The molecule has 1 aromatic heterocycles. The molecule has 0 amide bonds. The van der Waals surface area contributed by atoms with E-state index in [2.05, 4.69) is 5.10 Å². The molecular weight excluding hydrogens is 283 g/mol. The van der Waals surface area contributed by atoms with Crippen LogP contribution in [0.25, 0.3) is 5.69 Å². The molecule has 102 valence electrons. The third-order valence-corrected chi connectivity index (χ3v) is 3.29. The maximum absolute atomic E-state index is 12.9. The first-order valence-electron chi connectivity index (χ1n) is 4.94. The molecule has 5 nitrogen and oxygen atoms in total. The first kappa shape index (κ1) is 13.6. The van der Waals surface area contributed by atoms with Gasteiger partial charge in [-0.15, -0.1) is 0 Å². The van der Waals surface area contributed by atoms with E-state index in [4.69, 9.17) is 5.14 Å². The zero-order valence-electron chi connectivity index (χ0n) is 9.29. The molecule has 2 rings (SSSR count). The van der Waals surface area contributed by atoms with Crippen LogP contribution >= 0.6 is 0 Å². The van der Waals surface area contributed by atoms with Crippen LogP contribution in [-0.4, -0.2) is 18.2 Å². The van der Waals surface area contributed by atoms with E-state index in [1.54, 1.807) is 0 Å². The van der Waals surface area contributed by atoms with Gasteiger partial charge in [-0.2, -0.15) is 18.3 Å². The lowest BCUT2D eigenvalue weighted by molar-refractivity contribution is -0.137. The van der Waals surface area contributed by atoms with Crippen LogP contribution in [-0.2, 0) is 16.2 Å². The number of rotatable bonds is 2. The minimum atomic E-state index is -4.72. The van der Waals surface area contributed by atoms with Crippen molar-refractivity contribution in [3.63, 3.8) is 0 Å². The number of nitrogens with zero attached hydrogens (tertiary/aromatic N) is 2. The fraction of sp³-hybridized carbons (Fsp3) is 0.100. The van der Waals surface area contributed by atoms with Crippen LogP contribution in [0.2, 0.25) is 0 Å². The summed E-state index contributed by atoms with van der Waals surface area (Å²) in [5.41, 5.74) is -1.73. The van der Waals surface area contributed by atoms with Gasteiger partial charge in [0.1, 0.15) is 4.90 Å². The maximum Gasteiger partial charge on any atom is 0.418 e. The van der Waals surface area contributed by atoms with Crippen LogP contribution in [0.3, 0.4) is 0 Å². The summed E-state index contributed by atoms with van der Waals surface area (Å²) in [6.07, 6.45) is -2.28. The second-order valence-corrected chi connectivity index (χ2v) is 5.18. The van der Waals surface area contributed by atoms with Gasteiger partial charge in [-0.05, 0) is 18.2 Å². The summed E-state index contributed by atoms with van der Waals surface area (Å²) in [6.45, 7) is 0. The van der Waals surface area contributed by atoms with Crippen LogP contribution in [0.15, 0.2) is 41.6 Å². The van der Waals surface area contributed by atoms with Crippen LogP contribution < -0.4 is 5.14 Å². The zero-order chi connectivity index (χ0) is 14.3. The van der Waals surface area contributed by atoms with Gasteiger partial charge in [0.25, 0.3) is 0 Å².